The van der Waals surface area contributed by atoms with Crippen LogP contribution in [0.4, 0.5) is 0 Å². The van der Waals surface area contributed by atoms with E-state index >= 15 is 0 Å². The molecule has 0 bridgehead atoms. The first-order chi connectivity index (χ1) is 4.13. The first-order valence-corrected chi connectivity index (χ1v) is 3.00. The van der Waals surface area contributed by atoms with E-state index in [0.29, 0.717) is 5.92 Å². The maximum absolute atomic E-state index is 9.78. The summed E-state index contributed by atoms with van der Waals surface area (Å²) in [5, 5.41) is 9.78. The van der Waals surface area contributed by atoms with Gasteiger partial charge in [0.2, 0.25) is 0 Å². The predicted octanol–water partition coefficient (Wildman–Crippen LogP) is 0.339. The zero-order valence-electron chi connectivity index (χ0n) is 5.76. The summed E-state index contributed by atoms with van der Waals surface area (Å²) in [6, 6.07) is 0. The number of rotatable bonds is 3. The van der Waals surface area contributed by atoms with E-state index in [0.717, 1.165) is 12.5 Å². The Balaban J connectivity index is 3.36. The first-order valence-electron chi connectivity index (χ1n) is 3.00. The quantitative estimate of drug-likeness (QED) is 0.513. The van der Waals surface area contributed by atoms with Gasteiger partial charge in [0, 0.05) is 0 Å². The van der Waals surface area contributed by atoms with Gasteiger partial charge in [-0.2, -0.15) is 0 Å². The number of carboxylic acids is 1. The molecule has 0 aliphatic rings. The Morgan fingerprint density at radius 1 is 1.67 bits per heavy atom. The molecule has 0 rings (SSSR count). The molecule has 52 valence electrons. The molecule has 0 aliphatic heterocycles. The SMILES string of the molecule is CC(C)C/C=C/C(=O)[O-]. The Bertz CT molecular complexity index is 114. The highest BCUT2D eigenvalue weighted by molar-refractivity contribution is 5.77. The smallest absolute Gasteiger partial charge is 0.0639 e. The molecule has 0 saturated heterocycles. The zero-order chi connectivity index (χ0) is 7.28. The fourth-order valence-electron chi connectivity index (χ4n) is 0.436. The van der Waals surface area contributed by atoms with E-state index in [1.807, 2.05) is 13.8 Å². The van der Waals surface area contributed by atoms with Crippen LogP contribution in [0.1, 0.15) is 20.3 Å². The van der Waals surface area contributed by atoms with E-state index in [4.69, 9.17) is 0 Å². The summed E-state index contributed by atoms with van der Waals surface area (Å²) in [5.41, 5.74) is 0. The second-order valence-corrected chi connectivity index (χ2v) is 2.35. The molecule has 2 nitrogen and oxygen atoms in total. The Hall–Kier alpha value is -0.790. The fourth-order valence-corrected chi connectivity index (χ4v) is 0.436. The Kier molecular flexibility index (Phi) is 3.76. The molecule has 0 heterocycles. The molecule has 0 aromatic rings. The maximum atomic E-state index is 9.78. The van der Waals surface area contributed by atoms with Crippen LogP contribution in [0.15, 0.2) is 12.2 Å². The molecule has 0 aromatic heterocycles. The van der Waals surface area contributed by atoms with Crippen LogP contribution in [0.25, 0.3) is 0 Å². The van der Waals surface area contributed by atoms with E-state index in [9.17, 15) is 9.90 Å². The average Bonchev–Trinajstić information content (AvgIpc) is 1.63. The van der Waals surface area contributed by atoms with Crippen LogP contribution in [0.3, 0.4) is 0 Å². The molecule has 0 amide bonds. The summed E-state index contributed by atoms with van der Waals surface area (Å²) >= 11 is 0. The normalized spacial score (nSPS) is 11.0. The van der Waals surface area contributed by atoms with Crippen LogP contribution in [0.5, 0.6) is 0 Å². The number of carbonyl (C=O) groups is 1. The summed E-state index contributed by atoms with van der Waals surface area (Å²) in [6.45, 7) is 4.05. The second-order valence-electron chi connectivity index (χ2n) is 2.35. The van der Waals surface area contributed by atoms with Gasteiger partial charge in [0.15, 0.2) is 0 Å². The largest absolute Gasteiger partial charge is 0.545 e. The summed E-state index contributed by atoms with van der Waals surface area (Å²) in [7, 11) is 0. The van der Waals surface area contributed by atoms with E-state index < -0.39 is 5.97 Å². The highest BCUT2D eigenvalue weighted by atomic mass is 16.4. The van der Waals surface area contributed by atoms with Gasteiger partial charge in [-0.3, -0.25) is 0 Å². The lowest BCUT2D eigenvalue weighted by atomic mass is 10.1. The van der Waals surface area contributed by atoms with Crippen LogP contribution < -0.4 is 5.11 Å². The topological polar surface area (TPSA) is 40.1 Å². The average molecular weight is 127 g/mol. The lowest BCUT2D eigenvalue weighted by molar-refractivity contribution is -0.297. The molecule has 0 radical (unpaired) electrons. The molecule has 0 N–H and O–H groups in total. The molecule has 2 heteroatoms. The van der Waals surface area contributed by atoms with Crippen molar-refractivity contribution in [2.24, 2.45) is 5.92 Å². The van der Waals surface area contributed by atoms with Gasteiger partial charge in [-0.05, 0) is 18.4 Å². The molecule has 0 atom stereocenters. The first kappa shape index (κ1) is 8.21. The number of hydrogen-bond donors (Lipinski definition) is 0. The monoisotopic (exact) mass is 127 g/mol. The van der Waals surface area contributed by atoms with Crippen molar-refractivity contribution in [3.63, 3.8) is 0 Å². The van der Waals surface area contributed by atoms with Crippen LogP contribution in [-0.2, 0) is 4.79 Å². The number of aliphatic carboxylic acids is 1. The van der Waals surface area contributed by atoms with E-state index in [2.05, 4.69) is 0 Å². The number of carbonyl (C=O) groups excluding carboxylic acids is 1. The molecule has 0 aliphatic carbocycles. The number of carboxylic acid groups (broad SMARTS) is 1. The van der Waals surface area contributed by atoms with Crippen molar-refractivity contribution in [1.82, 2.24) is 0 Å². The van der Waals surface area contributed by atoms with Gasteiger partial charge in [-0.15, -0.1) is 0 Å². The van der Waals surface area contributed by atoms with Crippen molar-refractivity contribution in [3.05, 3.63) is 12.2 Å². The molecule has 9 heavy (non-hydrogen) atoms. The van der Waals surface area contributed by atoms with Gasteiger partial charge in [0.05, 0.1) is 5.97 Å². The van der Waals surface area contributed by atoms with Gasteiger partial charge in [0.1, 0.15) is 0 Å². The molecule has 0 spiro atoms. The molecule has 0 aromatic carbocycles. The van der Waals surface area contributed by atoms with Crippen LogP contribution in [-0.4, -0.2) is 5.97 Å². The molecular formula is C7H11O2-. The number of allylic oxidation sites excluding steroid dienone is 1. The summed E-state index contributed by atoms with van der Waals surface area (Å²) in [4.78, 5) is 9.78. The minimum atomic E-state index is -1.12. The minimum absolute atomic E-state index is 0.514. The summed E-state index contributed by atoms with van der Waals surface area (Å²) < 4.78 is 0. The van der Waals surface area contributed by atoms with Gasteiger partial charge in [-0.1, -0.05) is 19.9 Å². The lowest BCUT2D eigenvalue weighted by Crippen LogP contribution is -2.18. The van der Waals surface area contributed by atoms with Crippen LogP contribution in [0, 0.1) is 5.92 Å². The maximum Gasteiger partial charge on any atom is 0.0639 e. The van der Waals surface area contributed by atoms with E-state index in [1.54, 1.807) is 6.08 Å². The van der Waals surface area contributed by atoms with E-state index in [1.165, 1.54) is 0 Å². The highest BCUT2D eigenvalue weighted by Crippen LogP contribution is 1.98. The van der Waals surface area contributed by atoms with Crippen molar-refractivity contribution in [3.8, 4) is 0 Å². The molecule has 0 fully saturated rings. The third-order valence-electron chi connectivity index (χ3n) is 0.861. The van der Waals surface area contributed by atoms with Crippen molar-refractivity contribution < 1.29 is 9.90 Å². The lowest BCUT2D eigenvalue weighted by Gasteiger charge is -1.96. The Morgan fingerprint density at radius 3 is 2.56 bits per heavy atom. The standard InChI is InChI=1S/C7H12O2/c1-6(2)4-3-5-7(8)9/h3,5-6H,4H2,1-2H3,(H,8,9)/p-1/b5-3+. The molecule has 0 unspecified atom stereocenters. The Morgan fingerprint density at radius 2 is 2.22 bits per heavy atom. The molecular weight excluding hydrogens is 116 g/mol. The third-order valence-corrected chi connectivity index (χ3v) is 0.861. The molecule has 0 saturated carbocycles. The van der Waals surface area contributed by atoms with Crippen molar-refractivity contribution >= 4 is 5.97 Å². The third kappa shape index (κ3) is 7.21. The Labute approximate surface area is 55.2 Å². The van der Waals surface area contributed by atoms with Crippen LogP contribution >= 0.6 is 0 Å². The van der Waals surface area contributed by atoms with Crippen molar-refractivity contribution in [2.45, 2.75) is 20.3 Å². The second kappa shape index (κ2) is 4.13. The minimum Gasteiger partial charge on any atom is -0.545 e. The van der Waals surface area contributed by atoms with Crippen molar-refractivity contribution in [2.75, 3.05) is 0 Å². The van der Waals surface area contributed by atoms with Crippen LogP contribution in [0.2, 0.25) is 0 Å². The summed E-state index contributed by atoms with van der Waals surface area (Å²) in [5.74, 6) is -0.601. The van der Waals surface area contributed by atoms with E-state index in [-0.39, 0.29) is 0 Å². The van der Waals surface area contributed by atoms with Crippen molar-refractivity contribution in [1.29, 1.82) is 0 Å². The highest BCUT2D eigenvalue weighted by Gasteiger charge is 1.85. The fraction of sp³-hybridized carbons (Fsp3) is 0.571. The van der Waals surface area contributed by atoms with Gasteiger partial charge in [-0.25, -0.2) is 0 Å². The number of hydrogen-bond acceptors (Lipinski definition) is 2. The zero-order valence-corrected chi connectivity index (χ0v) is 5.76. The summed E-state index contributed by atoms with van der Waals surface area (Å²) in [6.07, 6.45) is 3.48. The van der Waals surface area contributed by atoms with Gasteiger partial charge < -0.3 is 9.90 Å². The predicted molar refractivity (Wildman–Crippen MR) is 33.6 cm³/mol. The van der Waals surface area contributed by atoms with Gasteiger partial charge in [0.25, 0.3) is 0 Å². The van der Waals surface area contributed by atoms with Gasteiger partial charge >= 0.3 is 0 Å².